The van der Waals surface area contributed by atoms with Crippen molar-refractivity contribution in [1.82, 2.24) is 9.80 Å². The average Bonchev–Trinajstić information content (AvgIpc) is 3.06. The zero-order valence-electron chi connectivity index (χ0n) is 17.6. The van der Waals surface area contributed by atoms with Crippen molar-refractivity contribution in [1.29, 1.82) is 5.26 Å². The van der Waals surface area contributed by atoms with E-state index in [2.05, 4.69) is 6.07 Å². The number of imide groups is 1. The van der Waals surface area contributed by atoms with Gasteiger partial charge in [0.1, 0.15) is 18.4 Å². The van der Waals surface area contributed by atoms with Crippen molar-refractivity contribution in [2.24, 2.45) is 0 Å². The molecule has 1 saturated heterocycles. The molecule has 1 atom stereocenters. The predicted octanol–water partition coefficient (Wildman–Crippen LogP) is 4.34. The lowest BCUT2D eigenvalue weighted by atomic mass is 10.1. The van der Waals surface area contributed by atoms with E-state index in [1.54, 1.807) is 17.0 Å². The van der Waals surface area contributed by atoms with Gasteiger partial charge < -0.3 is 9.64 Å². The summed E-state index contributed by atoms with van der Waals surface area (Å²) in [4.78, 5) is 29.3. The van der Waals surface area contributed by atoms with Crippen LogP contribution in [0.4, 0.5) is 4.79 Å². The molecule has 3 aromatic rings. The van der Waals surface area contributed by atoms with Crippen molar-refractivity contribution < 1.29 is 14.3 Å². The maximum Gasteiger partial charge on any atom is 0.328 e. The second kappa shape index (κ2) is 9.80. The number of hydrogen-bond donors (Lipinski definition) is 0. The zero-order valence-corrected chi connectivity index (χ0v) is 17.6. The third-order valence-corrected chi connectivity index (χ3v) is 5.39. The summed E-state index contributed by atoms with van der Waals surface area (Å²) >= 11 is 0. The summed E-state index contributed by atoms with van der Waals surface area (Å²) in [5.74, 6) is 0.386. The fourth-order valence-corrected chi connectivity index (χ4v) is 3.79. The number of amides is 3. The number of rotatable bonds is 8. The van der Waals surface area contributed by atoms with Crippen molar-refractivity contribution in [3.63, 3.8) is 0 Å². The molecule has 0 aliphatic carbocycles. The van der Waals surface area contributed by atoms with Gasteiger partial charge in [0, 0.05) is 6.54 Å². The Morgan fingerprint density at radius 2 is 1.50 bits per heavy atom. The van der Waals surface area contributed by atoms with Crippen LogP contribution in [0.5, 0.6) is 5.75 Å². The second-order valence-electron chi connectivity index (χ2n) is 7.53. The van der Waals surface area contributed by atoms with Crippen molar-refractivity contribution >= 4 is 11.9 Å². The number of carbonyl (C=O) groups excluding carboxylic acids is 2. The number of hydrogen-bond acceptors (Lipinski definition) is 4. The molecule has 1 unspecified atom stereocenters. The van der Waals surface area contributed by atoms with E-state index in [1.165, 1.54) is 4.90 Å². The Labute approximate surface area is 187 Å². The fraction of sp³-hybridized carbons (Fsp3) is 0.192. The molecule has 3 aromatic carbocycles. The van der Waals surface area contributed by atoms with Gasteiger partial charge in [-0.05, 0) is 28.8 Å². The summed E-state index contributed by atoms with van der Waals surface area (Å²) in [5.41, 5.74) is 2.66. The Bertz CT molecular complexity index is 1110. The maximum absolute atomic E-state index is 13.3. The van der Waals surface area contributed by atoms with E-state index in [4.69, 9.17) is 10.00 Å². The summed E-state index contributed by atoms with van der Waals surface area (Å²) in [6.45, 7) is 0.699. The van der Waals surface area contributed by atoms with Crippen molar-refractivity contribution in [2.45, 2.75) is 19.0 Å². The molecular weight excluding hydrogens is 402 g/mol. The monoisotopic (exact) mass is 425 g/mol. The minimum atomic E-state index is -0.658. The van der Waals surface area contributed by atoms with Crippen LogP contribution in [0, 0.1) is 11.3 Å². The van der Waals surface area contributed by atoms with Gasteiger partial charge in [-0.1, -0.05) is 72.8 Å². The number of nitrogens with zero attached hydrogens (tertiary/aromatic N) is 3. The number of benzene rings is 3. The van der Waals surface area contributed by atoms with Crippen LogP contribution in [0.2, 0.25) is 0 Å². The van der Waals surface area contributed by atoms with E-state index in [0.717, 1.165) is 16.7 Å². The van der Waals surface area contributed by atoms with Gasteiger partial charge >= 0.3 is 6.03 Å². The molecule has 0 bridgehead atoms. The van der Waals surface area contributed by atoms with Gasteiger partial charge in [0.05, 0.1) is 19.0 Å². The molecule has 3 amide bonds. The minimum Gasteiger partial charge on any atom is -0.492 e. The molecule has 4 rings (SSSR count). The van der Waals surface area contributed by atoms with Gasteiger partial charge in [-0.15, -0.1) is 0 Å². The first-order chi connectivity index (χ1) is 15.7. The van der Waals surface area contributed by atoms with Crippen LogP contribution in [0.15, 0.2) is 84.9 Å². The Morgan fingerprint density at radius 3 is 2.16 bits per heavy atom. The van der Waals surface area contributed by atoms with E-state index in [1.807, 2.05) is 72.8 Å². The highest BCUT2D eigenvalue weighted by Gasteiger charge is 2.45. The number of ether oxygens (including phenoxy) is 1. The molecule has 6 nitrogen and oxygen atoms in total. The Kier molecular flexibility index (Phi) is 6.47. The van der Waals surface area contributed by atoms with Crippen molar-refractivity contribution in [2.75, 3.05) is 13.2 Å². The Morgan fingerprint density at radius 1 is 0.844 bits per heavy atom. The summed E-state index contributed by atoms with van der Waals surface area (Å²) in [6, 6.07) is 27.4. The standard InChI is InChI=1S/C26H23N3O3/c27-16-15-20-11-13-23(14-12-20)32-18-17-28-25(30)24(22-9-5-2-6-10-22)29(26(28)31)19-21-7-3-1-4-8-21/h1-14,24H,15,17-19H2. The second-order valence-corrected chi connectivity index (χ2v) is 7.53. The summed E-state index contributed by atoms with van der Waals surface area (Å²) in [5, 5.41) is 8.77. The lowest BCUT2D eigenvalue weighted by molar-refractivity contribution is -0.128. The topological polar surface area (TPSA) is 73.6 Å². The molecule has 1 fully saturated rings. The summed E-state index contributed by atoms with van der Waals surface area (Å²) < 4.78 is 5.74. The van der Waals surface area contributed by atoms with Gasteiger partial charge in [0.25, 0.3) is 5.91 Å². The summed E-state index contributed by atoms with van der Waals surface area (Å²) in [7, 11) is 0. The van der Waals surface area contributed by atoms with E-state index in [0.29, 0.717) is 18.7 Å². The zero-order chi connectivity index (χ0) is 22.3. The predicted molar refractivity (Wildman–Crippen MR) is 120 cm³/mol. The normalized spacial score (nSPS) is 15.7. The van der Waals surface area contributed by atoms with Crippen LogP contribution in [-0.4, -0.2) is 34.9 Å². The smallest absolute Gasteiger partial charge is 0.328 e. The molecule has 0 saturated carbocycles. The largest absolute Gasteiger partial charge is 0.492 e. The first-order valence-corrected chi connectivity index (χ1v) is 10.5. The van der Waals surface area contributed by atoms with Crippen LogP contribution in [0.25, 0.3) is 0 Å². The third-order valence-electron chi connectivity index (χ3n) is 5.39. The Balaban J connectivity index is 1.47. The average molecular weight is 425 g/mol. The van der Waals surface area contributed by atoms with Gasteiger partial charge in [-0.25, -0.2) is 4.79 Å². The molecule has 1 aliphatic heterocycles. The first-order valence-electron chi connectivity index (χ1n) is 10.5. The fourth-order valence-electron chi connectivity index (χ4n) is 3.79. The van der Waals surface area contributed by atoms with E-state index in [9.17, 15) is 9.59 Å². The lowest BCUT2D eigenvalue weighted by Crippen LogP contribution is -2.35. The minimum absolute atomic E-state index is 0.159. The van der Waals surface area contributed by atoms with Gasteiger partial charge in [0.15, 0.2) is 0 Å². The maximum atomic E-state index is 13.3. The van der Waals surface area contributed by atoms with Crippen LogP contribution in [-0.2, 0) is 17.8 Å². The highest BCUT2D eigenvalue weighted by atomic mass is 16.5. The molecule has 0 radical (unpaired) electrons. The molecule has 32 heavy (non-hydrogen) atoms. The van der Waals surface area contributed by atoms with Gasteiger partial charge in [-0.2, -0.15) is 5.26 Å². The van der Waals surface area contributed by atoms with Crippen molar-refractivity contribution in [3.8, 4) is 11.8 Å². The van der Waals surface area contributed by atoms with E-state index >= 15 is 0 Å². The number of carbonyl (C=O) groups is 2. The van der Waals surface area contributed by atoms with Crippen LogP contribution in [0.1, 0.15) is 22.7 Å². The highest BCUT2D eigenvalue weighted by molar-refractivity contribution is 6.04. The summed E-state index contributed by atoms with van der Waals surface area (Å²) in [6.07, 6.45) is 0.342. The molecule has 0 aromatic heterocycles. The molecular formula is C26H23N3O3. The molecule has 1 aliphatic rings. The van der Waals surface area contributed by atoms with E-state index in [-0.39, 0.29) is 25.1 Å². The van der Waals surface area contributed by atoms with E-state index < -0.39 is 6.04 Å². The quantitative estimate of drug-likeness (QED) is 0.503. The molecule has 6 heteroatoms. The van der Waals surface area contributed by atoms with Gasteiger partial charge in [-0.3, -0.25) is 9.69 Å². The van der Waals surface area contributed by atoms with Crippen LogP contribution < -0.4 is 4.74 Å². The molecule has 0 N–H and O–H groups in total. The van der Waals surface area contributed by atoms with Crippen LogP contribution in [0.3, 0.4) is 0 Å². The Hall–Kier alpha value is -4.11. The lowest BCUT2D eigenvalue weighted by Gasteiger charge is -2.22. The highest BCUT2D eigenvalue weighted by Crippen LogP contribution is 2.32. The molecule has 1 heterocycles. The SMILES string of the molecule is N#CCc1ccc(OCCN2C(=O)C(c3ccccc3)N(Cc3ccccc3)C2=O)cc1. The van der Waals surface area contributed by atoms with Crippen LogP contribution >= 0.6 is 0 Å². The van der Waals surface area contributed by atoms with Gasteiger partial charge in [0.2, 0.25) is 0 Å². The molecule has 160 valence electrons. The third kappa shape index (κ3) is 4.62. The first kappa shape index (κ1) is 21.1. The number of nitriles is 1. The van der Waals surface area contributed by atoms with Crippen molar-refractivity contribution in [3.05, 3.63) is 102 Å². The number of urea groups is 1. The molecule has 0 spiro atoms.